The highest BCUT2D eigenvalue weighted by molar-refractivity contribution is 5.48. The van der Waals surface area contributed by atoms with Crippen molar-refractivity contribution in [1.29, 1.82) is 0 Å². The van der Waals surface area contributed by atoms with E-state index in [2.05, 4.69) is 0 Å². The van der Waals surface area contributed by atoms with Crippen molar-refractivity contribution in [2.24, 2.45) is 0 Å². The second-order valence-electron chi connectivity index (χ2n) is 8.42. The van der Waals surface area contributed by atoms with Gasteiger partial charge in [-0.25, -0.2) is 0 Å². The summed E-state index contributed by atoms with van der Waals surface area (Å²) in [5, 5.41) is 0. The van der Waals surface area contributed by atoms with Crippen molar-refractivity contribution in [2.45, 2.75) is 6.92 Å². The molecule has 0 aliphatic rings. The maximum absolute atomic E-state index is 6.18. The molecular weight excluding hydrogens is 464 g/mol. The molecule has 0 saturated heterocycles. The summed E-state index contributed by atoms with van der Waals surface area (Å²) in [4.78, 5) is 0. The van der Waals surface area contributed by atoms with Crippen LogP contribution in [0.4, 0.5) is 11.4 Å². The third kappa shape index (κ3) is 6.32. The molecule has 0 atom stereocenters. The Bertz CT molecular complexity index is 1500. The smallest absolute Gasteiger partial charge is 0.134 e. The zero-order valence-electron chi connectivity index (χ0n) is 20.3. The molecule has 0 bridgehead atoms. The molecule has 5 rings (SSSR count). The van der Waals surface area contributed by atoms with Crippen LogP contribution in [0.5, 0.6) is 46.0 Å². The molecule has 0 unspecified atom stereocenters. The fourth-order valence-electron chi connectivity index (χ4n) is 3.56. The summed E-state index contributed by atoms with van der Waals surface area (Å²) in [7, 11) is 0. The van der Waals surface area contributed by atoms with E-state index in [1.54, 1.807) is 24.3 Å². The first-order valence-corrected chi connectivity index (χ1v) is 11.7. The Labute approximate surface area is 215 Å². The van der Waals surface area contributed by atoms with Gasteiger partial charge in [-0.05, 0) is 91.3 Å². The van der Waals surface area contributed by atoms with Crippen LogP contribution in [-0.2, 0) is 0 Å². The van der Waals surface area contributed by atoms with Crippen LogP contribution in [0, 0.1) is 6.92 Å². The summed E-state index contributed by atoms with van der Waals surface area (Å²) in [5.74, 6) is 5.30. The van der Waals surface area contributed by atoms with Crippen LogP contribution in [0.15, 0.2) is 115 Å². The molecule has 0 saturated carbocycles. The third-order valence-electron chi connectivity index (χ3n) is 5.47. The fraction of sp³-hybridized carbons (Fsp3) is 0.0323. The van der Waals surface area contributed by atoms with Crippen molar-refractivity contribution in [2.75, 3.05) is 11.5 Å². The molecule has 6 heteroatoms. The lowest BCUT2D eigenvalue weighted by molar-refractivity contribution is 0.446. The Morgan fingerprint density at radius 3 is 1.27 bits per heavy atom. The Kier molecular flexibility index (Phi) is 6.81. The number of aryl methyl sites for hydroxylation is 1. The first-order chi connectivity index (χ1) is 18.0. The summed E-state index contributed by atoms with van der Waals surface area (Å²) < 4.78 is 24.1. The second kappa shape index (κ2) is 10.7. The van der Waals surface area contributed by atoms with Crippen molar-refractivity contribution in [1.82, 2.24) is 0 Å². The summed E-state index contributed by atoms with van der Waals surface area (Å²) in [6.45, 7) is 1.98. The van der Waals surface area contributed by atoms with Gasteiger partial charge >= 0.3 is 0 Å². The van der Waals surface area contributed by atoms with Crippen LogP contribution in [0.2, 0.25) is 0 Å². The summed E-state index contributed by atoms with van der Waals surface area (Å²) in [6, 6.07) is 35.1. The lowest BCUT2D eigenvalue weighted by Crippen LogP contribution is -1.92. The average Bonchev–Trinajstić information content (AvgIpc) is 2.89. The third-order valence-corrected chi connectivity index (χ3v) is 5.47. The van der Waals surface area contributed by atoms with Crippen molar-refractivity contribution >= 4 is 11.4 Å². The first-order valence-electron chi connectivity index (χ1n) is 11.7. The van der Waals surface area contributed by atoms with Gasteiger partial charge in [-0.2, -0.15) is 0 Å². The number of nitrogens with two attached hydrogens (primary N) is 2. The van der Waals surface area contributed by atoms with Gasteiger partial charge in [-0.1, -0.05) is 18.2 Å². The minimum Gasteiger partial charge on any atom is -0.457 e. The maximum atomic E-state index is 6.18. The predicted octanol–water partition coefficient (Wildman–Crippen LogP) is 8.33. The summed E-state index contributed by atoms with van der Waals surface area (Å²) in [6.07, 6.45) is 0. The minimum absolute atomic E-state index is 0.638. The molecule has 0 aliphatic heterocycles. The first kappa shape index (κ1) is 23.6. The second-order valence-corrected chi connectivity index (χ2v) is 8.42. The lowest BCUT2D eigenvalue weighted by Gasteiger charge is -2.13. The van der Waals surface area contributed by atoms with Crippen LogP contribution in [-0.4, -0.2) is 0 Å². The number of nitrogen functional groups attached to an aromatic ring is 2. The van der Waals surface area contributed by atoms with Crippen LogP contribution in [0.3, 0.4) is 0 Å². The van der Waals surface area contributed by atoms with Crippen molar-refractivity contribution in [3.8, 4) is 46.0 Å². The average molecular weight is 491 g/mol. The van der Waals surface area contributed by atoms with Gasteiger partial charge in [0.1, 0.15) is 46.0 Å². The molecule has 37 heavy (non-hydrogen) atoms. The normalized spacial score (nSPS) is 10.5. The molecule has 0 fully saturated rings. The molecule has 4 N–H and O–H groups in total. The topological polar surface area (TPSA) is 89.0 Å². The molecule has 5 aromatic rings. The fourth-order valence-corrected chi connectivity index (χ4v) is 3.56. The van der Waals surface area contributed by atoms with Crippen LogP contribution in [0.25, 0.3) is 0 Å². The van der Waals surface area contributed by atoms with E-state index in [0.717, 1.165) is 5.56 Å². The molecular formula is C31H26N2O4. The number of rotatable bonds is 8. The van der Waals surface area contributed by atoms with Crippen molar-refractivity contribution in [3.63, 3.8) is 0 Å². The number of benzene rings is 5. The summed E-state index contributed by atoms with van der Waals surface area (Å²) in [5.41, 5.74) is 13.8. The SMILES string of the molecule is Cc1ccc(Oc2cccc(Oc3ccc(N)cc3)c2)cc1Oc1cccc(Oc2ccc(N)cc2)c1. The van der Waals surface area contributed by atoms with Gasteiger partial charge in [0.2, 0.25) is 0 Å². The molecule has 0 aliphatic carbocycles. The van der Waals surface area contributed by atoms with Gasteiger partial charge in [-0.15, -0.1) is 0 Å². The zero-order chi connectivity index (χ0) is 25.6. The molecule has 0 radical (unpaired) electrons. The summed E-state index contributed by atoms with van der Waals surface area (Å²) >= 11 is 0. The van der Waals surface area contributed by atoms with E-state index in [1.165, 1.54) is 0 Å². The van der Waals surface area contributed by atoms with E-state index in [0.29, 0.717) is 57.4 Å². The Hall–Kier alpha value is -5.10. The highest BCUT2D eigenvalue weighted by Crippen LogP contribution is 2.34. The highest BCUT2D eigenvalue weighted by Gasteiger charge is 2.08. The molecule has 6 nitrogen and oxygen atoms in total. The van der Waals surface area contributed by atoms with Gasteiger partial charge in [-0.3, -0.25) is 0 Å². The Morgan fingerprint density at radius 2 is 0.784 bits per heavy atom. The maximum Gasteiger partial charge on any atom is 0.134 e. The van der Waals surface area contributed by atoms with E-state index >= 15 is 0 Å². The van der Waals surface area contributed by atoms with Crippen LogP contribution >= 0.6 is 0 Å². The minimum atomic E-state index is 0.638. The monoisotopic (exact) mass is 490 g/mol. The molecule has 184 valence electrons. The van der Waals surface area contributed by atoms with Gasteiger partial charge in [0.25, 0.3) is 0 Å². The van der Waals surface area contributed by atoms with E-state index in [-0.39, 0.29) is 0 Å². The molecule has 0 heterocycles. The molecule has 0 aromatic heterocycles. The largest absolute Gasteiger partial charge is 0.457 e. The standard InChI is InChI=1S/C31H26N2O4/c1-21-8-13-30(36-28-6-2-4-26(18-28)34-24-14-9-22(32)10-15-24)20-31(21)37-29-7-3-5-27(19-29)35-25-16-11-23(33)12-17-25/h2-20H,32-33H2,1H3. The number of hydrogen-bond acceptors (Lipinski definition) is 6. The number of ether oxygens (including phenoxy) is 4. The van der Waals surface area contributed by atoms with Gasteiger partial charge in [0.15, 0.2) is 0 Å². The van der Waals surface area contributed by atoms with Gasteiger partial charge < -0.3 is 30.4 Å². The van der Waals surface area contributed by atoms with E-state index in [4.69, 9.17) is 30.4 Å². The number of anilines is 2. The molecule has 0 spiro atoms. The van der Waals surface area contributed by atoms with Gasteiger partial charge in [0.05, 0.1) is 0 Å². The van der Waals surface area contributed by atoms with Crippen molar-refractivity contribution < 1.29 is 18.9 Å². The molecule has 0 amide bonds. The Morgan fingerprint density at radius 1 is 0.405 bits per heavy atom. The van der Waals surface area contributed by atoms with Crippen LogP contribution in [0.1, 0.15) is 5.56 Å². The Balaban J connectivity index is 1.29. The van der Waals surface area contributed by atoms with Gasteiger partial charge in [0, 0.05) is 29.6 Å². The quantitative estimate of drug-likeness (QED) is 0.213. The zero-order valence-corrected chi connectivity index (χ0v) is 20.3. The van der Waals surface area contributed by atoms with E-state index in [1.807, 2.05) is 97.9 Å². The van der Waals surface area contributed by atoms with Crippen molar-refractivity contribution in [3.05, 3.63) is 121 Å². The van der Waals surface area contributed by atoms with E-state index in [9.17, 15) is 0 Å². The predicted molar refractivity (Wildman–Crippen MR) is 146 cm³/mol. The number of hydrogen-bond donors (Lipinski definition) is 2. The molecule has 5 aromatic carbocycles. The highest BCUT2D eigenvalue weighted by atomic mass is 16.5. The van der Waals surface area contributed by atoms with Crippen LogP contribution < -0.4 is 30.4 Å². The van der Waals surface area contributed by atoms with E-state index < -0.39 is 0 Å². The lowest BCUT2D eigenvalue weighted by atomic mass is 10.2.